The largest absolute Gasteiger partial charge is 0.497 e. The van der Waals surface area contributed by atoms with Crippen LogP contribution in [0.25, 0.3) is 15.7 Å². The van der Waals surface area contributed by atoms with Crippen molar-refractivity contribution in [2.45, 2.75) is 32.9 Å². The quantitative estimate of drug-likeness (QED) is 0.529. The fourth-order valence-corrected chi connectivity index (χ4v) is 4.33. The lowest BCUT2D eigenvalue weighted by Crippen LogP contribution is -2.39. The molecule has 0 fully saturated rings. The van der Waals surface area contributed by atoms with Crippen molar-refractivity contribution in [1.29, 1.82) is 0 Å². The summed E-state index contributed by atoms with van der Waals surface area (Å²) in [7, 11) is 1.61. The first-order chi connectivity index (χ1) is 14.0. The van der Waals surface area contributed by atoms with Crippen LogP contribution < -0.4 is 15.6 Å². The van der Waals surface area contributed by atoms with Crippen LogP contribution in [0.4, 0.5) is 0 Å². The van der Waals surface area contributed by atoms with Gasteiger partial charge in [0.25, 0.3) is 5.56 Å². The van der Waals surface area contributed by atoms with Gasteiger partial charge in [0.15, 0.2) is 0 Å². The van der Waals surface area contributed by atoms with Crippen LogP contribution in [0.3, 0.4) is 0 Å². The first kappa shape index (κ1) is 19.2. The lowest BCUT2D eigenvalue weighted by molar-refractivity contribution is -0.125. The van der Waals surface area contributed by atoms with Gasteiger partial charge in [-0.1, -0.05) is 19.1 Å². The number of amides is 1. The summed E-state index contributed by atoms with van der Waals surface area (Å²) >= 11 is 1.58. The summed E-state index contributed by atoms with van der Waals surface area (Å²) < 4.78 is 9.35. The summed E-state index contributed by atoms with van der Waals surface area (Å²) in [5.74, 6) is 1.21. The minimum absolute atomic E-state index is 0.227. The second-order valence-electron chi connectivity index (χ2n) is 6.82. The van der Waals surface area contributed by atoms with E-state index in [1.165, 1.54) is 4.68 Å². The molecule has 1 amide bonds. The van der Waals surface area contributed by atoms with Crippen LogP contribution in [-0.2, 0) is 11.3 Å². The molecule has 0 saturated heterocycles. The summed E-state index contributed by atoms with van der Waals surface area (Å²) in [6.07, 6.45) is 0.464. The lowest BCUT2D eigenvalue weighted by atomic mass is 10.2. The van der Waals surface area contributed by atoms with Gasteiger partial charge in [0.05, 0.1) is 17.3 Å². The van der Waals surface area contributed by atoms with Crippen LogP contribution in [0.2, 0.25) is 0 Å². The van der Waals surface area contributed by atoms with E-state index in [1.54, 1.807) is 18.4 Å². The van der Waals surface area contributed by atoms with Gasteiger partial charge in [0, 0.05) is 6.54 Å². The second-order valence-corrected chi connectivity index (χ2v) is 7.77. The number of aryl methyl sites for hydroxylation is 1. The Morgan fingerprint density at radius 2 is 2.00 bits per heavy atom. The molecule has 0 bridgehead atoms. The highest BCUT2D eigenvalue weighted by atomic mass is 32.1. The predicted octanol–water partition coefficient (Wildman–Crippen LogP) is 3.30. The maximum Gasteiger partial charge on any atom is 0.291 e. The fraction of sp³-hybridized carbons (Fsp3) is 0.286. The molecule has 0 saturated carbocycles. The molecule has 7 nitrogen and oxygen atoms in total. The van der Waals surface area contributed by atoms with Crippen molar-refractivity contribution < 1.29 is 9.53 Å². The minimum atomic E-state index is -0.669. The number of rotatable bonds is 6. The summed E-state index contributed by atoms with van der Waals surface area (Å²) in [4.78, 5) is 25.9. The molecule has 29 heavy (non-hydrogen) atoms. The number of ether oxygens (including phenoxy) is 1. The van der Waals surface area contributed by atoms with E-state index in [2.05, 4.69) is 10.4 Å². The van der Waals surface area contributed by atoms with Gasteiger partial charge >= 0.3 is 0 Å². The van der Waals surface area contributed by atoms with Gasteiger partial charge in [-0.2, -0.15) is 5.10 Å². The number of fused-ring (bicyclic) bond motifs is 3. The number of benzene rings is 1. The Kier molecular flexibility index (Phi) is 5.10. The normalized spacial score (nSPS) is 12.4. The molecule has 8 heteroatoms. The van der Waals surface area contributed by atoms with Crippen LogP contribution >= 0.6 is 11.3 Å². The summed E-state index contributed by atoms with van der Waals surface area (Å²) in [5.41, 5.74) is 2.20. The number of aromatic nitrogens is 3. The second kappa shape index (κ2) is 7.71. The van der Waals surface area contributed by atoms with Gasteiger partial charge < -0.3 is 10.1 Å². The van der Waals surface area contributed by atoms with Gasteiger partial charge in [0.2, 0.25) is 5.91 Å². The molecule has 150 valence electrons. The SMILES string of the molecule is CCC(C(=O)NCc1ccc(OC)cc1)n1nc(C)n2c(cc3sccc32)c1=O. The van der Waals surface area contributed by atoms with E-state index in [0.717, 1.165) is 21.5 Å². The van der Waals surface area contributed by atoms with Crippen molar-refractivity contribution in [3.8, 4) is 5.75 Å². The molecule has 1 aromatic carbocycles. The Balaban J connectivity index is 1.62. The average molecular weight is 410 g/mol. The van der Waals surface area contributed by atoms with Crippen molar-refractivity contribution in [3.63, 3.8) is 0 Å². The Bertz CT molecular complexity index is 1240. The van der Waals surface area contributed by atoms with Crippen molar-refractivity contribution in [1.82, 2.24) is 19.5 Å². The zero-order valence-corrected chi connectivity index (χ0v) is 17.3. The molecule has 0 spiro atoms. The van der Waals surface area contributed by atoms with E-state index in [4.69, 9.17) is 4.74 Å². The molecule has 0 radical (unpaired) electrons. The molecule has 3 aromatic heterocycles. The van der Waals surface area contributed by atoms with Crippen LogP contribution in [-0.4, -0.2) is 27.2 Å². The van der Waals surface area contributed by atoms with Crippen molar-refractivity contribution in [2.24, 2.45) is 0 Å². The standard InChI is InChI=1S/C21H22N4O3S/c1-4-16(20(26)22-12-14-5-7-15(28-3)8-6-14)25-21(27)18-11-19-17(9-10-29-19)24(18)13(2)23-25/h5-11,16H,4,12H2,1-3H3,(H,22,26). The Morgan fingerprint density at radius 3 is 2.69 bits per heavy atom. The van der Waals surface area contributed by atoms with E-state index in [1.807, 2.05) is 60.0 Å². The highest BCUT2D eigenvalue weighted by Gasteiger charge is 2.23. The summed E-state index contributed by atoms with van der Waals surface area (Å²) in [6, 6.07) is 10.7. The van der Waals surface area contributed by atoms with E-state index in [-0.39, 0.29) is 11.5 Å². The molecular weight excluding hydrogens is 388 g/mol. The zero-order chi connectivity index (χ0) is 20.5. The topological polar surface area (TPSA) is 77.6 Å². The van der Waals surface area contributed by atoms with E-state index < -0.39 is 6.04 Å². The number of nitrogens with zero attached hydrogens (tertiary/aromatic N) is 3. The Morgan fingerprint density at radius 1 is 1.24 bits per heavy atom. The van der Waals surface area contributed by atoms with Crippen LogP contribution in [0, 0.1) is 6.92 Å². The number of hydrogen-bond acceptors (Lipinski definition) is 5. The van der Waals surface area contributed by atoms with Crippen LogP contribution in [0.15, 0.2) is 46.6 Å². The highest BCUT2D eigenvalue weighted by molar-refractivity contribution is 7.17. The molecule has 0 aliphatic rings. The predicted molar refractivity (Wildman–Crippen MR) is 114 cm³/mol. The first-order valence-corrected chi connectivity index (χ1v) is 10.3. The minimum Gasteiger partial charge on any atom is -0.497 e. The first-order valence-electron chi connectivity index (χ1n) is 9.42. The molecule has 0 aliphatic heterocycles. The van der Waals surface area contributed by atoms with Crippen molar-refractivity contribution >= 4 is 33.0 Å². The summed E-state index contributed by atoms with van der Waals surface area (Å²) in [6.45, 7) is 4.10. The molecule has 1 unspecified atom stereocenters. The van der Waals surface area contributed by atoms with E-state index in [9.17, 15) is 9.59 Å². The molecule has 4 aromatic rings. The molecule has 4 rings (SSSR count). The van der Waals surface area contributed by atoms with Gasteiger partial charge in [-0.15, -0.1) is 11.3 Å². The third-order valence-corrected chi connectivity index (χ3v) is 5.89. The maximum absolute atomic E-state index is 13.1. The fourth-order valence-electron chi connectivity index (χ4n) is 3.53. The van der Waals surface area contributed by atoms with Crippen LogP contribution in [0.5, 0.6) is 5.75 Å². The van der Waals surface area contributed by atoms with Gasteiger partial charge in [-0.05, 0) is 48.6 Å². The summed E-state index contributed by atoms with van der Waals surface area (Å²) in [5, 5.41) is 9.37. The number of thiophene rings is 1. The van der Waals surface area contributed by atoms with Gasteiger partial charge in [0.1, 0.15) is 23.1 Å². The van der Waals surface area contributed by atoms with Crippen LogP contribution in [0.1, 0.15) is 30.8 Å². The van der Waals surface area contributed by atoms with E-state index in [0.29, 0.717) is 24.3 Å². The number of nitrogens with one attached hydrogen (secondary N) is 1. The number of carbonyl (C=O) groups excluding carboxylic acids is 1. The Hall–Kier alpha value is -3.13. The molecule has 1 atom stereocenters. The van der Waals surface area contributed by atoms with Crippen molar-refractivity contribution in [3.05, 3.63) is 63.5 Å². The lowest BCUT2D eigenvalue weighted by Gasteiger charge is -2.18. The average Bonchev–Trinajstić information content (AvgIpc) is 3.32. The molecule has 3 heterocycles. The van der Waals surface area contributed by atoms with E-state index >= 15 is 0 Å². The smallest absolute Gasteiger partial charge is 0.291 e. The zero-order valence-electron chi connectivity index (χ0n) is 16.5. The monoisotopic (exact) mass is 410 g/mol. The molecular formula is C21H22N4O3S. The van der Waals surface area contributed by atoms with Crippen molar-refractivity contribution in [2.75, 3.05) is 7.11 Å². The number of carbonyl (C=O) groups is 1. The highest BCUT2D eigenvalue weighted by Crippen LogP contribution is 2.25. The number of hydrogen-bond donors (Lipinski definition) is 1. The van der Waals surface area contributed by atoms with Gasteiger partial charge in [-0.3, -0.25) is 14.0 Å². The number of methoxy groups -OCH3 is 1. The third-order valence-electron chi connectivity index (χ3n) is 5.04. The molecule has 1 N–H and O–H groups in total. The molecule has 0 aliphatic carbocycles. The maximum atomic E-state index is 13.1. The van der Waals surface area contributed by atoms with Gasteiger partial charge in [-0.25, -0.2) is 4.68 Å². The Labute approximate surface area is 171 Å². The third kappa shape index (κ3) is 3.40.